The van der Waals surface area contributed by atoms with Gasteiger partial charge in [-0.15, -0.1) is 11.3 Å². The van der Waals surface area contributed by atoms with Gasteiger partial charge in [0.1, 0.15) is 18.0 Å². The van der Waals surface area contributed by atoms with Crippen molar-refractivity contribution in [3.05, 3.63) is 63.7 Å². The van der Waals surface area contributed by atoms with E-state index in [4.69, 9.17) is 15.5 Å². The molecule has 1 aliphatic rings. The van der Waals surface area contributed by atoms with E-state index in [0.29, 0.717) is 29.1 Å². The Kier molecular flexibility index (Phi) is 4.45. The monoisotopic (exact) mass is 432 g/mol. The molecule has 31 heavy (non-hydrogen) atoms. The van der Waals surface area contributed by atoms with E-state index in [9.17, 15) is 9.65 Å². The second-order valence-corrected chi connectivity index (χ2v) is 8.57. The molecule has 154 valence electrons. The molecular formula is C22H17FN6OS. The molecule has 0 saturated carbocycles. The molecule has 2 N–H and O–H groups in total. The highest BCUT2D eigenvalue weighted by atomic mass is 32.1. The smallest absolute Gasteiger partial charge is 0.166 e. The number of aryl methyl sites for hydroxylation is 1. The highest BCUT2D eigenvalue weighted by molar-refractivity contribution is 7.12. The van der Waals surface area contributed by atoms with Crippen molar-refractivity contribution in [1.29, 1.82) is 5.26 Å². The highest BCUT2D eigenvalue weighted by Gasteiger charge is 2.24. The number of ether oxygens (including phenoxy) is 1. The van der Waals surface area contributed by atoms with Crippen molar-refractivity contribution in [3.63, 3.8) is 0 Å². The summed E-state index contributed by atoms with van der Waals surface area (Å²) in [7, 11) is 0. The largest absolute Gasteiger partial charge is 0.482 e. The van der Waals surface area contributed by atoms with Crippen LogP contribution in [0.2, 0.25) is 0 Å². The lowest BCUT2D eigenvalue weighted by Gasteiger charge is -2.21. The minimum absolute atomic E-state index is 0.209. The normalized spacial score (nSPS) is 14.8. The fourth-order valence-corrected chi connectivity index (χ4v) is 4.80. The number of benzene rings is 1. The van der Waals surface area contributed by atoms with E-state index in [0.717, 1.165) is 21.1 Å². The number of anilines is 1. The number of rotatable bonds is 0. The highest BCUT2D eigenvalue weighted by Crippen LogP contribution is 2.39. The average Bonchev–Trinajstić information content (AvgIpc) is 3.32. The first-order valence-electron chi connectivity index (χ1n) is 9.58. The van der Waals surface area contributed by atoms with Crippen LogP contribution in [0.15, 0.2) is 36.8 Å². The van der Waals surface area contributed by atoms with Gasteiger partial charge in [-0.05, 0) is 38.1 Å². The molecule has 7 nitrogen and oxygen atoms in total. The number of nitrogens with two attached hydrogens (primary N) is 1. The number of halogens is 1. The molecule has 0 amide bonds. The van der Waals surface area contributed by atoms with Crippen LogP contribution in [0.25, 0.3) is 22.5 Å². The number of imidazole rings is 1. The van der Waals surface area contributed by atoms with Crippen molar-refractivity contribution in [2.24, 2.45) is 0 Å². The molecule has 1 atom stereocenters. The molecule has 1 aliphatic heterocycles. The van der Waals surface area contributed by atoms with Crippen LogP contribution in [0.5, 0.6) is 5.75 Å². The van der Waals surface area contributed by atoms with Crippen molar-refractivity contribution in [1.82, 2.24) is 19.5 Å². The molecule has 0 fully saturated rings. The number of hydrogen-bond acceptors (Lipinski definition) is 7. The molecule has 3 aromatic heterocycles. The maximum atomic E-state index is 14.2. The third-order valence-corrected chi connectivity index (χ3v) is 6.18. The third-order valence-electron chi connectivity index (χ3n) is 5.23. The van der Waals surface area contributed by atoms with Crippen LogP contribution in [0, 0.1) is 24.1 Å². The van der Waals surface area contributed by atoms with Gasteiger partial charge in [0.15, 0.2) is 17.3 Å². The van der Waals surface area contributed by atoms with Gasteiger partial charge in [0.25, 0.3) is 0 Å². The van der Waals surface area contributed by atoms with Gasteiger partial charge in [-0.3, -0.25) is 0 Å². The maximum Gasteiger partial charge on any atom is 0.166 e. The summed E-state index contributed by atoms with van der Waals surface area (Å²) in [6.07, 6.45) is 2.71. The van der Waals surface area contributed by atoms with Crippen molar-refractivity contribution in [3.8, 4) is 34.3 Å². The number of thiazole rings is 1. The second kappa shape index (κ2) is 7.18. The third kappa shape index (κ3) is 3.21. The fourth-order valence-electron chi connectivity index (χ4n) is 3.85. The van der Waals surface area contributed by atoms with E-state index in [-0.39, 0.29) is 17.3 Å². The van der Waals surface area contributed by atoms with E-state index in [1.165, 1.54) is 12.1 Å². The minimum Gasteiger partial charge on any atom is -0.482 e. The quantitative estimate of drug-likeness (QED) is 0.440. The second-order valence-electron chi connectivity index (χ2n) is 7.29. The Bertz CT molecular complexity index is 1370. The van der Waals surface area contributed by atoms with Gasteiger partial charge in [-0.25, -0.2) is 19.3 Å². The lowest BCUT2D eigenvalue weighted by atomic mass is 9.99. The molecule has 1 unspecified atom stereocenters. The first kappa shape index (κ1) is 19.2. The average molecular weight is 432 g/mol. The SMILES string of the molecule is Cc1nc2c(s1)Cn1cnc(C#N)c1-c1cnc(N)c(c1)OC(C)c1cc(F)ccc1-2. The number of nitriles is 1. The molecule has 0 aliphatic carbocycles. The summed E-state index contributed by atoms with van der Waals surface area (Å²) in [5.74, 6) is 0.206. The molecule has 5 rings (SSSR count). The van der Waals surface area contributed by atoms with Crippen LogP contribution < -0.4 is 10.5 Å². The van der Waals surface area contributed by atoms with Crippen LogP contribution in [-0.4, -0.2) is 19.5 Å². The summed E-state index contributed by atoms with van der Waals surface area (Å²) < 4.78 is 22.2. The van der Waals surface area contributed by atoms with Crippen LogP contribution >= 0.6 is 11.3 Å². The Morgan fingerprint density at radius 2 is 2.16 bits per heavy atom. The number of nitrogens with zero attached hydrogens (tertiary/aromatic N) is 5. The topological polar surface area (TPSA) is 103 Å². The predicted molar refractivity (Wildman–Crippen MR) is 115 cm³/mol. The van der Waals surface area contributed by atoms with Gasteiger partial charge in [0.05, 0.1) is 34.1 Å². The number of hydrogen-bond donors (Lipinski definition) is 1. The first-order valence-corrected chi connectivity index (χ1v) is 10.4. The van der Waals surface area contributed by atoms with Crippen molar-refractivity contribution in [2.75, 3.05) is 5.73 Å². The van der Waals surface area contributed by atoms with Gasteiger partial charge in [-0.2, -0.15) is 5.26 Å². The van der Waals surface area contributed by atoms with E-state index in [1.54, 1.807) is 36.0 Å². The van der Waals surface area contributed by atoms with Gasteiger partial charge >= 0.3 is 0 Å². The van der Waals surface area contributed by atoms with Crippen LogP contribution in [0.4, 0.5) is 10.2 Å². The van der Waals surface area contributed by atoms with Gasteiger partial charge in [-0.1, -0.05) is 0 Å². The summed E-state index contributed by atoms with van der Waals surface area (Å²) >= 11 is 1.55. The molecular weight excluding hydrogens is 415 g/mol. The summed E-state index contributed by atoms with van der Waals surface area (Å²) in [4.78, 5) is 14.2. The fraction of sp³-hybridized carbons (Fsp3) is 0.182. The predicted octanol–water partition coefficient (Wildman–Crippen LogP) is 4.47. The van der Waals surface area contributed by atoms with Crippen LogP contribution in [0.3, 0.4) is 0 Å². The van der Waals surface area contributed by atoms with Crippen molar-refractivity contribution < 1.29 is 9.13 Å². The molecule has 2 bridgehead atoms. The standard InChI is InChI=1S/C22H17FN6OS/c1-11-16-6-14(23)3-4-15(16)20-19(31-12(2)28-20)9-29-10-27-17(7-24)21(29)13-5-18(30-11)22(25)26-8-13/h3-6,8,10-11H,9H2,1-2H3,(H2,25,26). The molecule has 0 saturated heterocycles. The van der Waals surface area contributed by atoms with E-state index in [1.807, 2.05) is 18.4 Å². The number of pyridine rings is 1. The van der Waals surface area contributed by atoms with Crippen molar-refractivity contribution in [2.45, 2.75) is 26.5 Å². The Hall–Kier alpha value is -3.77. The molecule has 1 aromatic carbocycles. The molecule has 0 radical (unpaired) electrons. The Balaban J connectivity index is 1.82. The van der Waals surface area contributed by atoms with E-state index in [2.05, 4.69) is 16.0 Å². The minimum atomic E-state index is -0.514. The van der Waals surface area contributed by atoms with Gasteiger partial charge < -0.3 is 15.0 Å². The van der Waals surface area contributed by atoms with Crippen molar-refractivity contribution >= 4 is 17.2 Å². The summed E-state index contributed by atoms with van der Waals surface area (Å²) in [5.41, 5.74) is 9.86. The summed E-state index contributed by atoms with van der Waals surface area (Å²) in [6, 6.07) is 8.50. The number of fused-ring (bicyclic) bond motifs is 7. The summed E-state index contributed by atoms with van der Waals surface area (Å²) in [5, 5.41) is 10.5. The molecule has 4 aromatic rings. The zero-order chi connectivity index (χ0) is 21.7. The molecule has 0 spiro atoms. The first-order chi connectivity index (χ1) is 14.9. The molecule has 4 heterocycles. The van der Waals surface area contributed by atoms with Crippen LogP contribution in [-0.2, 0) is 6.54 Å². The summed E-state index contributed by atoms with van der Waals surface area (Å²) in [6.45, 7) is 4.22. The Morgan fingerprint density at radius 3 is 2.97 bits per heavy atom. The Morgan fingerprint density at radius 1 is 1.32 bits per heavy atom. The van der Waals surface area contributed by atoms with E-state index >= 15 is 0 Å². The van der Waals surface area contributed by atoms with E-state index < -0.39 is 6.10 Å². The molecule has 9 heteroatoms. The number of nitrogen functional groups attached to an aromatic ring is 1. The lowest BCUT2D eigenvalue weighted by molar-refractivity contribution is 0.227. The Labute approximate surface area is 181 Å². The van der Waals surface area contributed by atoms with Gasteiger partial charge in [0.2, 0.25) is 0 Å². The lowest BCUT2D eigenvalue weighted by Crippen LogP contribution is -2.10. The van der Waals surface area contributed by atoms with Gasteiger partial charge in [0, 0.05) is 22.9 Å². The zero-order valence-electron chi connectivity index (χ0n) is 16.8. The maximum absolute atomic E-state index is 14.2. The van der Waals surface area contributed by atoms with Crippen LogP contribution in [0.1, 0.15) is 34.2 Å². The zero-order valence-corrected chi connectivity index (χ0v) is 17.6. The number of aromatic nitrogens is 4.